The zero-order valence-electron chi connectivity index (χ0n) is 8.59. The molecule has 0 spiro atoms. The molecule has 0 unspecified atom stereocenters. The van der Waals surface area contributed by atoms with E-state index in [1.807, 2.05) is 6.07 Å². The molecule has 0 atom stereocenters. The van der Waals surface area contributed by atoms with Crippen molar-refractivity contribution in [3.05, 3.63) is 31.1 Å². The predicted octanol–water partition coefficient (Wildman–Crippen LogP) is 1.48. The highest BCUT2D eigenvalue weighted by Gasteiger charge is 1.98. The second kappa shape index (κ2) is 4.54. The van der Waals surface area contributed by atoms with Gasteiger partial charge in [-0.3, -0.25) is 4.98 Å². The van der Waals surface area contributed by atoms with Crippen LogP contribution in [0.25, 0.3) is 5.69 Å². The zero-order valence-corrected chi connectivity index (χ0v) is 8.59. The first-order valence-corrected chi connectivity index (χ1v) is 4.94. The molecule has 5 nitrogen and oxygen atoms in total. The van der Waals surface area contributed by atoms with E-state index in [0.717, 1.165) is 24.3 Å². The first-order valence-electron chi connectivity index (χ1n) is 4.94. The van der Waals surface area contributed by atoms with E-state index in [2.05, 4.69) is 27.3 Å². The molecule has 1 N–H and O–H groups in total. The maximum absolute atomic E-state index is 4.14. The molecule has 0 saturated carbocycles. The van der Waals surface area contributed by atoms with Crippen molar-refractivity contribution < 1.29 is 0 Å². The molecule has 2 heterocycles. The molecular weight excluding hydrogens is 190 g/mol. The van der Waals surface area contributed by atoms with Gasteiger partial charge in [0, 0.05) is 6.54 Å². The lowest BCUT2D eigenvalue weighted by molar-refractivity contribution is 0.871. The minimum absolute atomic E-state index is 0.911. The van der Waals surface area contributed by atoms with E-state index in [4.69, 9.17) is 0 Å². The normalized spacial score (nSPS) is 10.2. The molecule has 0 aliphatic heterocycles. The fourth-order valence-electron chi connectivity index (χ4n) is 1.26. The minimum Gasteiger partial charge on any atom is -0.384 e. The molecule has 0 amide bonds. The first-order chi connectivity index (χ1) is 7.40. The van der Waals surface area contributed by atoms with Gasteiger partial charge in [-0.2, -0.15) is 5.10 Å². The lowest BCUT2D eigenvalue weighted by Crippen LogP contribution is -2.02. The fraction of sp³-hybridized carbons (Fsp3) is 0.300. The van der Waals surface area contributed by atoms with Crippen molar-refractivity contribution in [2.45, 2.75) is 13.3 Å². The van der Waals surface area contributed by atoms with Gasteiger partial charge in [0.05, 0.1) is 23.8 Å². The second-order valence-corrected chi connectivity index (χ2v) is 3.20. The predicted molar refractivity (Wildman–Crippen MR) is 57.9 cm³/mol. The quantitative estimate of drug-likeness (QED) is 0.817. The summed E-state index contributed by atoms with van der Waals surface area (Å²) in [6.45, 7) is 3.07. The Kier molecular flexibility index (Phi) is 2.92. The Morgan fingerprint density at radius 3 is 3.00 bits per heavy atom. The third-order valence-corrected chi connectivity index (χ3v) is 1.99. The van der Waals surface area contributed by atoms with Crippen molar-refractivity contribution in [1.29, 1.82) is 0 Å². The average molecular weight is 203 g/mol. The van der Waals surface area contributed by atoms with Crippen LogP contribution in [0.15, 0.2) is 31.1 Å². The molecule has 78 valence electrons. The van der Waals surface area contributed by atoms with Crippen LogP contribution in [0.5, 0.6) is 0 Å². The summed E-state index contributed by atoms with van der Waals surface area (Å²) in [7, 11) is 0. The Labute approximate surface area is 88.2 Å². The SMILES string of the molecule is CCCNc1cncc(-n2cncn2)c1. The molecule has 0 aliphatic carbocycles. The van der Waals surface area contributed by atoms with Crippen molar-refractivity contribution in [2.24, 2.45) is 0 Å². The van der Waals surface area contributed by atoms with Crippen LogP contribution in [0.1, 0.15) is 13.3 Å². The Morgan fingerprint density at radius 1 is 1.33 bits per heavy atom. The molecule has 0 aliphatic rings. The average Bonchev–Trinajstić information content (AvgIpc) is 2.80. The lowest BCUT2D eigenvalue weighted by atomic mass is 10.3. The minimum atomic E-state index is 0.911. The van der Waals surface area contributed by atoms with Gasteiger partial charge in [-0.1, -0.05) is 6.92 Å². The van der Waals surface area contributed by atoms with Crippen LogP contribution in [0.3, 0.4) is 0 Å². The molecule has 15 heavy (non-hydrogen) atoms. The fourth-order valence-corrected chi connectivity index (χ4v) is 1.26. The van der Waals surface area contributed by atoms with E-state index in [1.165, 1.54) is 6.33 Å². The van der Waals surface area contributed by atoms with Crippen molar-refractivity contribution in [3.8, 4) is 5.69 Å². The van der Waals surface area contributed by atoms with Crippen LogP contribution in [-0.2, 0) is 0 Å². The van der Waals surface area contributed by atoms with Crippen molar-refractivity contribution in [1.82, 2.24) is 19.7 Å². The Bertz CT molecular complexity index is 410. The standard InChI is InChI=1S/C10H13N5/c1-2-3-13-9-4-10(6-11-5-9)15-8-12-7-14-15/h4-8,13H,2-3H2,1H3. The van der Waals surface area contributed by atoms with Crippen LogP contribution >= 0.6 is 0 Å². The highest BCUT2D eigenvalue weighted by atomic mass is 15.3. The first kappa shape index (κ1) is 9.64. The van der Waals surface area contributed by atoms with E-state index in [0.29, 0.717) is 0 Å². The van der Waals surface area contributed by atoms with E-state index in [9.17, 15) is 0 Å². The summed E-state index contributed by atoms with van der Waals surface area (Å²) in [6.07, 6.45) is 7.81. The van der Waals surface area contributed by atoms with E-state index in [1.54, 1.807) is 23.4 Å². The molecule has 2 aromatic rings. The molecular formula is C10H13N5. The molecule has 5 heteroatoms. The zero-order chi connectivity index (χ0) is 10.5. The topological polar surface area (TPSA) is 55.6 Å². The van der Waals surface area contributed by atoms with Gasteiger partial charge in [0.15, 0.2) is 0 Å². The summed E-state index contributed by atoms with van der Waals surface area (Å²) in [5.74, 6) is 0. The Hall–Kier alpha value is -1.91. The van der Waals surface area contributed by atoms with Crippen LogP contribution in [0, 0.1) is 0 Å². The smallest absolute Gasteiger partial charge is 0.138 e. The summed E-state index contributed by atoms with van der Waals surface area (Å²) in [6, 6.07) is 2.00. The lowest BCUT2D eigenvalue weighted by Gasteiger charge is -2.05. The second-order valence-electron chi connectivity index (χ2n) is 3.20. The van der Waals surface area contributed by atoms with Crippen LogP contribution in [-0.4, -0.2) is 26.3 Å². The molecule has 0 saturated heterocycles. The third kappa shape index (κ3) is 2.31. The molecule has 2 rings (SSSR count). The number of nitrogens with one attached hydrogen (secondary N) is 1. The largest absolute Gasteiger partial charge is 0.384 e. The summed E-state index contributed by atoms with van der Waals surface area (Å²) in [5, 5.41) is 7.32. The number of pyridine rings is 1. The van der Waals surface area contributed by atoms with Crippen molar-refractivity contribution in [3.63, 3.8) is 0 Å². The van der Waals surface area contributed by atoms with Crippen LogP contribution in [0.2, 0.25) is 0 Å². The van der Waals surface area contributed by atoms with Gasteiger partial charge in [-0.05, 0) is 12.5 Å². The number of aromatic nitrogens is 4. The van der Waals surface area contributed by atoms with Gasteiger partial charge in [0.25, 0.3) is 0 Å². The third-order valence-electron chi connectivity index (χ3n) is 1.99. The number of hydrogen-bond acceptors (Lipinski definition) is 4. The summed E-state index contributed by atoms with van der Waals surface area (Å²) in [4.78, 5) is 8.04. The van der Waals surface area contributed by atoms with Gasteiger partial charge >= 0.3 is 0 Å². The summed E-state index contributed by atoms with van der Waals surface area (Å²) >= 11 is 0. The molecule has 0 aromatic carbocycles. The van der Waals surface area contributed by atoms with Crippen LogP contribution < -0.4 is 5.32 Å². The molecule has 0 bridgehead atoms. The maximum atomic E-state index is 4.14. The summed E-state index contributed by atoms with van der Waals surface area (Å²) in [5.41, 5.74) is 1.92. The number of nitrogens with zero attached hydrogens (tertiary/aromatic N) is 4. The molecule has 2 aromatic heterocycles. The van der Waals surface area contributed by atoms with Gasteiger partial charge in [-0.25, -0.2) is 9.67 Å². The van der Waals surface area contributed by atoms with E-state index >= 15 is 0 Å². The molecule has 0 fully saturated rings. The summed E-state index contributed by atoms with van der Waals surface area (Å²) < 4.78 is 1.68. The number of anilines is 1. The van der Waals surface area contributed by atoms with Gasteiger partial charge in [0.1, 0.15) is 12.7 Å². The van der Waals surface area contributed by atoms with Crippen LogP contribution in [0.4, 0.5) is 5.69 Å². The number of rotatable bonds is 4. The monoisotopic (exact) mass is 203 g/mol. The Morgan fingerprint density at radius 2 is 2.27 bits per heavy atom. The van der Waals surface area contributed by atoms with Crippen molar-refractivity contribution in [2.75, 3.05) is 11.9 Å². The van der Waals surface area contributed by atoms with E-state index in [-0.39, 0.29) is 0 Å². The highest BCUT2D eigenvalue weighted by Crippen LogP contribution is 2.10. The van der Waals surface area contributed by atoms with Gasteiger partial charge in [-0.15, -0.1) is 0 Å². The molecule has 0 radical (unpaired) electrons. The Balaban J connectivity index is 2.19. The number of hydrogen-bond donors (Lipinski definition) is 1. The van der Waals surface area contributed by atoms with Gasteiger partial charge in [0.2, 0.25) is 0 Å². The maximum Gasteiger partial charge on any atom is 0.138 e. The highest BCUT2D eigenvalue weighted by molar-refractivity contribution is 5.47. The van der Waals surface area contributed by atoms with Crippen molar-refractivity contribution >= 4 is 5.69 Å². The van der Waals surface area contributed by atoms with E-state index < -0.39 is 0 Å². The van der Waals surface area contributed by atoms with Gasteiger partial charge < -0.3 is 5.32 Å².